The Kier molecular flexibility index (Phi) is 4.39. The number of aryl methyl sites for hydroxylation is 1. The zero-order chi connectivity index (χ0) is 16.5. The highest BCUT2D eigenvalue weighted by Crippen LogP contribution is 2.38. The molecule has 4 rings (SSSR count). The highest BCUT2D eigenvalue weighted by atomic mass is 35.5. The topological polar surface area (TPSA) is 49.8 Å². The van der Waals surface area contributed by atoms with Gasteiger partial charge in [-0.3, -0.25) is 0 Å². The van der Waals surface area contributed by atoms with Gasteiger partial charge >= 0.3 is 0 Å². The van der Waals surface area contributed by atoms with Crippen LogP contribution in [0, 0.1) is 6.92 Å². The first-order valence-corrected chi connectivity index (χ1v) is 9.45. The summed E-state index contributed by atoms with van der Waals surface area (Å²) < 4.78 is 0. The van der Waals surface area contributed by atoms with Crippen LogP contribution in [0.3, 0.4) is 0 Å². The summed E-state index contributed by atoms with van der Waals surface area (Å²) in [5.74, 6) is 0.855. The highest BCUT2D eigenvalue weighted by Gasteiger charge is 2.19. The van der Waals surface area contributed by atoms with Crippen LogP contribution in [-0.4, -0.2) is 29.1 Å². The van der Waals surface area contributed by atoms with E-state index < -0.39 is 0 Å². The van der Waals surface area contributed by atoms with E-state index in [0.717, 1.165) is 42.0 Å². The number of piperidine rings is 1. The minimum atomic E-state index is 0.302. The molecular weight excluding hydrogens is 340 g/mol. The standard InChI is InChI=1S/C18H19ClN4S/c1-11-2-4-12(5-3-11)14-10-24-17-15(14)16(22-18(19)23-17)21-13-6-8-20-9-7-13/h2-5,10,13,20H,6-9H2,1H3,(H,21,22,23). The molecule has 4 nitrogen and oxygen atoms in total. The predicted molar refractivity (Wildman–Crippen MR) is 102 cm³/mol. The normalized spacial score (nSPS) is 15.8. The summed E-state index contributed by atoms with van der Waals surface area (Å²) >= 11 is 7.77. The molecule has 1 fully saturated rings. The van der Waals surface area contributed by atoms with Crippen molar-refractivity contribution in [3.63, 3.8) is 0 Å². The third-order valence-corrected chi connectivity index (χ3v) is 5.49. The number of aromatic nitrogens is 2. The summed E-state index contributed by atoms with van der Waals surface area (Å²) in [7, 11) is 0. The van der Waals surface area contributed by atoms with Crippen molar-refractivity contribution >= 4 is 39.0 Å². The molecule has 6 heteroatoms. The number of hydrogen-bond donors (Lipinski definition) is 2. The van der Waals surface area contributed by atoms with E-state index in [4.69, 9.17) is 11.6 Å². The Balaban J connectivity index is 1.79. The van der Waals surface area contributed by atoms with Gasteiger partial charge in [0.25, 0.3) is 0 Å². The average molecular weight is 359 g/mol. The van der Waals surface area contributed by atoms with Crippen molar-refractivity contribution in [2.75, 3.05) is 18.4 Å². The monoisotopic (exact) mass is 358 g/mol. The van der Waals surface area contributed by atoms with Crippen LogP contribution in [0.15, 0.2) is 29.6 Å². The molecule has 1 saturated heterocycles. The maximum absolute atomic E-state index is 6.15. The second-order valence-electron chi connectivity index (χ2n) is 6.21. The molecule has 1 aliphatic heterocycles. The van der Waals surface area contributed by atoms with Gasteiger partial charge in [0.1, 0.15) is 10.6 Å². The number of halogens is 1. The number of thiophene rings is 1. The number of nitrogens with zero attached hydrogens (tertiary/aromatic N) is 2. The molecule has 24 heavy (non-hydrogen) atoms. The van der Waals surface area contributed by atoms with Crippen molar-refractivity contribution in [3.05, 3.63) is 40.5 Å². The Morgan fingerprint density at radius 1 is 1.17 bits per heavy atom. The fourth-order valence-electron chi connectivity index (χ4n) is 3.13. The molecule has 1 aromatic carbocycles. The minimum absolute atomic E-state index is 0.302. The molecule has 0 bridgehead atoms. The maximum atomic E-state index is 6.15. The Hall–Kier alpha value is -1.69. The zero-order valence-corrected chi connectivity index (χ0v) is 15.0. The van der Waals surface area contributed by atoms with E-state index in [0.29, 0.717) is 11.3 Å². The third kappa shape index (κ3) is 3.11. The Morgan fingerprint density at radius 3 is 2.67 bits per heavy atom. The van der Waals surface area contributed by atoms with Gasteiger partial charge in [0.15, 0.2) is 0 Å². The first-order valence-electron chi connectivity index (χ1n) is 8.20. The number of fused-ring (bicyclic) bond motifs is 1. The van der Waals surface area contributed by atoms with Crippen molar-refractivity contribution in [2.24, 2.45) is 0 Å². The molecule has 0 aliphatic carbocycles. The predicted octanol–water partition coefficient (Wildman–Crippen LogP) is 4.48. The van der Waals surface area contributed by atoms with Crippen molar-refractivity contribution in [2.45, 2.75) is 25.8 Å². The van der Waals surface area contributed by atoms with Crippen LogP contribution >= 0.6 is 22.9 Å². The van der Waals surface area contributed by atoms with Crippen molar-refractivity contribution in [1.82, 2.24) is 15.3 Å². The molecule has 1 aliphatic rings. The summed E-state index contributed by atoms with van der Waals surface area (Å²) in [6, 6.07) is 9.00. The molecule has 3 heterocycles. The lowest BCUT2D eigenvalue weighted by molar-refractivity contribution is 0.478. The molecule has 2 N–H and O–H groups in total. The molecule has 124 valence electrons. The van der Waals surface area contributed by atoms with Crippen molar-refractivity contribution < 1.29 is 0 Å². The smallest absolute Gasteiger partial charge is 0.225 e. The van der Waals surface area contributed by atoms with Crippen LogP contribution < -0.4 is 10.6 Å². The number of rotatable bonds is 3. The quantitative estimate of drug-likeness (QED) is 0.677. The summed E-state index contributed by atoms with van der Waals surface area (Å²) in [6.07, 6.45) is 2.18. The molecule has 0 radical (unpaired) electrons. The lowest BCUT2D eigenvalue weighted by Crippen LogP contribution is -2.35. The fraction of sp³-hybridized carbons (Fsp3) is 0.333. The van der Waals surface area contributed by atoms with Crippen molar-refractivity contribution in [1.29, 1.82) is 0 Å². The van der Waals surface area contributed by atoms with Crippen LogP contribution in [0.25, 0.3) is 21.3 Å². The second-order valence-corrected chi connectivity index (χ2v) is 7.40. The number of benzene rings is 1. The van der Waals surface area contributed by atoms with Crippen LogP contribution in [0.4, 0.5) is 5.82 Å². The van der Waals surface area contributed by atoms with Crippen LogP contribution in [0.2, 0.25) is 5.28 Å². The largest absolute Gasteiger partial charge is 0.367 e. The van der Waals surface area contributed by atoms with Gasteiger partial charge in [-0.25, -0.2) is 9.97 Å². The molecule has 0 spiro atoms. The van der Waals surface area contributed by atoms with Gasteiger partial charge in [-0.2, -0.15) is 0 Å². The van der Waals surface area contributed by atoms with E-state index in [1.807, 2.05) is 0 Å². The average Bonchev–Trinajstić information content (AvgIpc) is 3.00. The third-order valence-electron chi connectivity index (χ3n) is 4.45. The summed E-state index contributed by atoms with van der Waals surface area (Å²) in [6.45, 7) is 4.17. The molecule has 0 amide bonds. The van der Waals surface area contributed by atoms with Gasteiger partial charge in [-0.15, -0.1) is 11.3 Å². The van der Waals surface area contributed by atoms with Crippen molar-refractivity contribution in [3.8, 4) is 11.1 Å². The molecule has 3 aromatic rings. The summed E-state index contributed by atoms with van der Waals surface area (Å²) in [4.78, 5) is 9.85. The highest BCUT2D eigenvalue weighted by molar-refractivity contribution is 7.17. The van der Waals surface area contributed by atoms with E-state index >= 15 is 0 Å². The van der Waals surface area contributed by atoms with E-state index in [2.05, 4.69) is 57.2 Å². The number of hydrogen-bond acceptors (Lipinski definition) is 5. The zero-order valence-electron chi connectivity index (χ0n) is 13.5. The molecule has 0 unspecified atom stereocenters. The first-order chi connectivity index (χ1) is 11.7. The van der Waals surface area contributed by atoms with E-state index in [1.165, 1.54) is 16.7 Å². The Morgan fingerprint density at radius 2 is 1.92 bits per heavy atom. The lowest BCUT2D eigenvalue weighted by atomic mass is 10.0. The van der Waals surface area contributed by atoms with E-state index in [1.54, 1.807) is 11.3 Å². The minimum Gasteiger partial charge on any atom is -0.367 e. The molecule has 0 saturated carbocycles. The van der Waals surface area contributed by atoms with Crippen LogP contribution in [0.1, 0.15) is 18.4 Å². The first kappa shape index (κ1) is 15.8. The van der Waals surface area contributed by atoms with E-state index in [9.17, 15) is 0 Å². The molecule has 2 aromatic heterocycles. The SMILES string of the molecule is Cc1ccc(-c2csc3nc(Cl)nc(NC4CCNCC4)c23)cc1. The van der Waals surface area contributed by atoms with Crippen LogP contribution in [0.5, 0.6) is 0 Å². The molecule has 0 atom stereocenters. The van der Waals surface area contributed by atoms with Crippen LogP contribution in [-0.2, 0) is 0 Å². The van der Waals surface area contributed by atoms with Gasteiger partial charge in [0.2, 0.25) is 5.28 Å². The maximum Gasteiger partial charge on any atom is 0.225 e. The van der Waals surface area contributed by atoms with Gasteiger partial charge in [0.05, 0.1) is 5.39 Å². The number of nitrogens with one attached hydrogen (secondary N) is 2. The Labute approximate surface area is 150 Å². The van der Waals surface area contributed by atoms with E-state index in [-0.39, 0.29) is 0 Å². The Bertz CT molecular complexity index is 853. The van der Waals surface area contributed by atoms with Gasteiger partial charge in [0, 0.05) is 17.0 Å². The fourth-order valence-corrected chi connectivity index (χ4v) is 4.29. The lowest BCUT2D eigenvalue weighted by Gasteiger charge is -2.24. The summed E-state index contributed by atoms with van der Waals surface area (Å²) in [5.41, 5.74) is 3.61. The molecular formula is C18H19ClN4S. The van der Waals surface area contributed by atoms with Gasteiger partial charge in [-0.1, -0.05) is 29.8 Å². The van der Waals surface area contributed by atoms with Gasteiger partial charge in [-0.05, 0) is 50.0 Å². The van der Waals surface area contributed by atoms with Gasteiger partial charge < -0.3 is 10.6 Å². The second kappa shape index (κ2) is 6.67. The summed E-state index contributed by atoms with van der Waals surface area (Å²) in [5, 5.41) is 10.5. The number of anilines is 1.